The normalized spacial score (nSPS) is 11.8. The molecular weight excluding hydrogens is 653 g/mol. The molecule has 3 aromatic carbocycles. The summed E-state index contributed by atoms with van der Waals surface area (Å²) in [4.78, 5) is 19.0. The van der Waals surface area contributed by atoms with Gasteiger partial charge in [0, 0.05) is 42.0 Å². The average Bonchev–Trinajstić information content (AvgIpc) is 3.43. The van der Waals surface area contributed by atoms with Gasteiger partial charge in [-0.1, -0.05) is 49.4 Å². The molecule has 4 rings (SSSR count). The molecule has 2 N–H and O–H groups in total. The van der Waals surface area contributed by atoms with Crippen molar-refractivity contribution in [1.29, 1.82) is 5.26 Å². The van der Waals surface area contributed by atoms with Gasteiger partial charge in [0.05, 0.1) is 35.6 Å². The Morgan fingerprint density at radius 3 is 2.50 bits per heavy atom. The Morgan fingerprint density at radius 1 is 1.11 bits per heavy atom. The van der Waals surface area contributed by atoms with Gasteiger partial charge in [-0.05, 0) is 76.0 Å². The molecule has 4 aromatic rings. The number of aromatic nitrogens is 2. The number of carbonyl (C=O) groups is 1. The van der Waals surface area contributed by atoms with Crippen molar-refractivity contribution in [1.82, 2.24) is 19.8 Å². The second-order valence-electron chi connectivity index (χ2n) is 10.1. The Bertz CT molecular complexity index is 1630. The van der Waals surface area contributed by atoms with Crippen LogP contribution in [0, 0.1) is 11.3 Å². The van der Waals surface area contributed by atoms with Gasteiger partial charge in [0.15, 0.2) is 5.11 Å². The van der Waals surface area contributed by atoms with Crippen LogP contribution in [-0.2, 0) is 30.5 Å². The first-order valence-electron chi connectivity index (χ1n) is 13.8. The van der Waals surface area contributed by atoms with Gasteiger partial charge >= 0.3 is 6.18 Å². The van der Waals surface area contributed by atoms with E-state index in [4.69, 9.17) is 17.5 Å². The number of hydrogen-bond acceptors (Lipinski definition) is 4. The highest BCUT2D eigenvalue weighted by atomic mass is 79.9. The molecule has 0 spiro atoms. The van der Waals surface area contributed by atoms with Gasteiger partial charge in [-0.15, -0.1) is 0 Å². The molecule has 0 aliphatic heterocycles. The number of alkyl halides is 3. The van der Waals surface area contributed by atoms with Crippen LogP contribution < -0.4 is 10.6 Å². The van der Waals surface area contributed by atoms with Gasteiger partial charge in [-0.25, -0.2) is 4.98 Å². The Labute approximate surface area is 267 Å². The SMILES string of the molecule is CC[C@@H](CN(Cc1ccccc1C(F)(F)F)C(=S)Nc1ccccc1Br)NC(=O)Cc1cncn1Cc1ccc(C#N)cc1. The molecule has 1 aromatic heterocycles. The summed E-state index contributed by atoms with van der Waals surface area (Å²) in [5.41, 5.74) is 2.22. The quantitative estimate of drug-likeness (QED) is 0.167. The minimum absolute atomic E-state index is 0.0589. The monoisotopic (exact) mass is 682 g/mol. The topological polar surface area (TPSA) is 86.0 Å². The third-order valence-corrected chi connectivity index (χ3v) is 8.01. The predicted molar refractivity (Wildman–Crippen MR) is 171 cm³/mol. The number of benzene rings is 3. The van der Waals surface area contributed by atoms with Gasteiger partial charge in [0.2, 0.25) is 5.91 Å². The fourth-order valence-corrected chi connectivity index (χ4v) is 5.25. The highest BCUT2D eigenvalue weighted by molar-refractivity contribution is 9.10. The van der Waals surface area contributed by atoms with Crippen LogP contribution in [0.15, 0.2) is 89.8 Å². The van der Waals surface area contributed by atoms with Gasteiger partial charge in [-0.3, -0.25) is 4.79 Å². The molecule has 0 radical (unpaired) electrons. The second-order valence-corrected chi connectivity index (χ2v) is 11.4. The molecule has 44 heavy (non-hydrogen) atoms. The number of amides is 1. The largest absolute Gasteiger partial charge is 0.416 e. The van der Waals surface area contributed by atoms with Crippen molar-refractivity contribution in [2.75, 3.05) is 11.9 Å². The van der Waals surface area contributed by atoms with Crippen molar-refractivity contribution in [3.05, 3.63) is 118 Å². The van der Waals surface area contributed by atoms with E-state index in [-0.39, 0.29) is 36.1 Å². The summed E-state index contributed by atoms with van der Waals surface area (Å²) in [6.45, 7) is 2.43. The molecule has 1 amide bonds. The number of thiocarbonyl (C=S) groups is 1. The summed E-state index contributed by atoms with van der Waals surface area (Å²) in [6.07, 6.45) is -0.682. The Balaban J connectivity index is 1.49. The number of carbonyl (C=O) groups excluding carboxylic acids is 1. The smallest absolute Gasteiger partial charge is 0.351 e. The third-order valence-electron chi connectivity index (χ3n) is 6.96. The number of anilines is 1. The van der Waals surface area contributed by atoms with Gasteiger partial charge in [-0.2, -0.15) is 18.4 Å². The molecule has 0 aliphatic carbocycles. The Morgan fingerprint density at radius 2 is 1.82 bits per heavy atom. The maximum atomic E-state index is 13.8. The van der Waals surface area contributed by atoms with E-state index in [1.54, 1.807) is 41.7 Å². The van der Waals surface area contributed by atoms with E-state index in [0.29, 0.717) is 29.9 Å². The zero-order chi connectivity index (χ0) is 31.7. The van der Waals surface area contributed by atoms with E-state index in [1.165, 1.54) is 12.1 Å². The molecule has 0 saturated carbocycles. The standard InChI is InChI=1S/C32H30BrF3N6OS/c1-2-25(39-30(43)15-26-17-38-21-42(26)18-23-13-11-22(16-37)12-14-23)20-41(31(44)40-29-10-6-5-9-28(29)33)19-24-7-3-4-8-27(24)32(34,35)36/h3-14,17,21,25H,2,15,18-20H2,1H3,(H,39,43)(H,40,44)/t25-/m0/s1. The highest BCUT2D eigenvalue weighted by Gasteiger charge is 2.33. The van der Waals surface area contributed by atoms with Crippen molar-refractivity contribution in [2.45, 2.75) is 45.1 Å². The van der Waals surface area contributed by atoms with Crippen LogP contribution in [0.1, 0.15) is 41.3 Å². The zero-order valence-electron chi connectivity index (χ0n) is 23.8. The number of hydrogen-bond donors (Lipinski definition) is 2. The lowest BCUT2D eigenvalue weighted by Crippen LogP contribution is -2.47. The maximum absolute atomic E-state index is 13.8. The molecule has 0 aliphatic rings. The van der Waals surface area contributed by atoms with E-state index in [1.807, 2.05) is 41.8 Å². The van der Waals surface area contributed by atoms with E-state index >= 15 is 0 Å². The van der Waals surface area contributed by atoms with E-state index < -0.39 is 17.8 Å². The predicted octanol–water partition coefficient (Wildman–Crippen LogP) is 6.92. The van der Waals surface area contributed by atoms with Crippen LogP contribution in [0.3, 0.4) is 0 Å². The molecule has 228 valence electrons. The van der Waals surface area contributed by atoms with Crippen LogP contribution in [0.25, 0.3) is 0 Å². The number of nitrogens with one attached hydrogen (secondary N) is 2. The summed E-state index contributed by atoms with van der Waals surface area (Å²) in [6, 6.07) is 21.6. The Kier molecular flexibility index (Phi) is 11.1. The van der Waals surface area contributed by atoms with Crippen molar-refractivity contribution in [2.24, 2.45) is 0 Å². The third kappa shape index (κ3) is 8.90. The number of nitrogens with zero attached hydrogens (tertiary/aromatic N) is 4. The fraction of sp³-hybridized carbons (Fsp3) is 0.250. The molecule has 1 heterocycles. The number of halogens is 4. The van der Waals surface area contributed by atoms with Crippen LogP contribution in [0.4, 0.5) is 18.9 Å². The summed E-state index contributed by atoms with van der Waals surface area (Å²) in [5.74, 6) is -0.251. The summed E-state index contributed by atoms with van der Waals surface area (Å²) >= 11 is 9.16. The van der Waals surface area contributed by atoms with E-state index in [0.717, 1.165) is 16.1 Å². The van der Waals surface area contributed by atoms with Gasteiger partial charge in [0.25, 0.3) is 0 Å². The minimum atomic E-state index is -4.53. The fourth-order valence-electron chi connectivity index (χ4n) is 4.62. The first-order valence-corrected chi connectivity index (χ1v) is 15.0. The first-order chi connectivity index (χ1) is 21.1. The molecule has 0 saturated heterocycles. The molecule has 0 bridgehead atoms. The van der Waals surface area contributed by atoms with E-state index in [2.05, 4.69) is 37.6 Å². The molecular formula is C32H30BrF3N6OS. The zero-order valence-corrected chi connectivity index (χ0v) is 26.2. The summed E-state index contributed by atoms with van der Waals surface area (Å²) < 4.78 is 44.1. The van der Waals surface area contributed by atoms with Crippen LogP contribution in [0.5, 0.6) is 0 Å². The van der Waals surface area contributed by atoms with Gasteiger partial charge in [0.1, 0.15) is 0 Å². The highest BCUT2D eigenvalue weighted by Crippen LogP contribution is 2.32. The minimum Gasteiger partial charge on any atom is -0.351 e. The lowest BCUT2D eigenvalue weighted by molar-refractivity contribution is -0.138. The molecule has 0 unspecified atom stereocenters. The number of imidazole rings is 1. The van der Waals surface area contributed by atoms with Crippen molar-refractivity contribution in [3.63, 3.8) is 0 Å². The molecule has 1 atom stereocenters. The number of nitriles is 1. The first kappa shape index (κ1) is 32.7. The van der Waals surface area contributed by atoms with Crippen molar-refractivity contribution < 1.29 is 18.0 Å². The molecule has 12 heteroatoms. The molecule has 7 nitrogen and oxygen atoms in total. The lowest BCUT2D eigenvalue weighted by Gasteiger charge is -2.31. The van der Waals surface area contributed by atoms with Crippen LogP contribution in [0.2, 0.25) is 0 Å². The van der Waals surface area contributed by atoms with Gasteiger partial charge < -0.3 is 20.1 Å². The van der Waals surface area contributed by atoms with Crippen molar-refractivity contribution in [3.8, 4) is 6.07 Å². The second kappa shape index (κ2) is 15.0. The van der Waals surface area contributed by atoms with Crippen LogP contribution >= 0.6 is 28.1 Å². The molecule has 0 fully saturated rings. The van der Waals surface area contributed by atoms with Crippen LogP contribution in [-0.4, -0.2) is 38.1 Å². The van der Waals surface area contributed by atoms with Crippen molar-refractivity contribution >= 4 is 44.9 Å². The average molecular weight is 684 g/mol. The number of rotatable bonds is 11. The number of para-hydroxylation sites is 1. The Hall–Kier alpha value is -4.21. The summed E-state index contributed by atoms with van der Waals surface area (Å²) in [5, 5.41) is 15.4. The lowest BCUT2D eigenvalue weighted by atomic mass is 10.1. The maximum Gasteiger partial charge on any atom is 0.416 e. The summed E-state index contributed by atoms with van der Waals surface area (Å²) in [7, 11) is 0. The van der Waals surface area contributed by atoms with E-state index in [9.17, 15) is 18.0 Å².